The van der Waals surface area contributed by atoms with E-state index in [4.69, 9.17) is 5.11 Å². The highest BCUT2D eigenvalue weighted by Crippen LogP contribution is 2.29. The van der Waals surface area contributed by atoms with E-state index < -0.39 is 26.6 Å². The number of benzene rings is 1. The molecule has 1 aromatic rings. The van der Waals surface area contributed by atoms with Crippen molar-refractivity contribution in [2.45, 2.75) is 4.90 Å². The molecule has 0 bridgehead atoms. The van der Waals surface area contributed by atoms with Crippen molar-refractivity contribution >= 4 is 26.0 Å². The molecule has 1 N–H and O–H groups in total. The molecule has 0 aliphatic carbocycles. The number of β-amino-alcohol motifs (C(OH)–C–C–N with tert-alkyl or cyclic N) is 1. The predicted molar refractivity (Wildman–Crippen MR) is 76.3 cm³/mol. The Kier molecular flexibility index (Phi) is 5.31. The third-order valence-electron chi connectivity index (χ3n) is 3.31. The molecule has 1 aliphatic rings. The number of hydrogen-bond donors (Lipinski definition) is 1. The molecule has 1 aromatic carbocycles. The highest BCUT2D eigenvalue weighted by molar-refractivity contribution is 9.10. The molecular formula is C12H15BrF2N2O3S. The van der Waals surface area contributed by atoms with Crippen LogP contribution in [0.25, 0.3) is 0 Å². The van der Waals surface area contributed by atoms with Gasteiger partial charge in [0.05, 0.1) is 6.61 Å². The SMILES string of the molecule is O=S(=O)(c1c(F)cc(F)cc1Br)N1CCN(CCO)CC1. The molecule has 0 saturated carbocycles. The van der Waals surface area contributed by atoms with Crippen LogP contribution < -0.4 is 0 Å². The first-order valence-corrected chi connectivity index (χ1v) is 8.57. The first kappa shape index (κ1) is 16.8. The second-order valence-corrected chi connectivity index (χ2v) is 7.40. The fraction of sp³-hybridized carbons (Fsp3) is 0.500. The van der Waals surface area contributed by atoms with Gasteiger partial charge in [0.2, 0.25) is 10.0 Å². The van der Waals surface area contributed by atoms with Crippen molar-refractivity contribution in [1.82, 2.24) is 9.21 Å². The predicted octanol–water partition coefficient (Wildman–Crippen LogP) is 1.03. The molecule has 5 nitrogen and oxygen atoms in total. The van der Waals surface area contributed by atoms with Gasteiger partial charge in [-0.15, -0.1) is 0 Å². The molecule has 118 valence electrons. The molecule has 1 fully saturated rings. The van der Waals surface area contributed by atoms with Crippen molar-refractivity contribution < 1.29 is 22.3 Å². The highest BCUT2D eigenvalue weighted by atomic mass is 79.9. The fourth-order valence-corrected chi connectivity index (χ4v) is 4.77. The van der Waals surface area contributed by atoms with Crippen LogP contribution in [-0.2, 0) is 10.0 Å². The van der Waals surface area contributed by atoms with Crippen LogP contribution in [0.5, 0.6) is 0 Å². The average Bonchev–Trinajstić information content (AvgIpc) is 2.38. The van der Waals surface area contributed by atoms with Gasteiger partial charge in [-0.25, -0.2) is 17.2 Å². The number of halogens is 3. The van der Waals surface area contributed by atoms with Gasteiger partial charge in [-0.05, 0) is 22.0 Å². The maximum absolute atomic E-state index is 13.8. The summed E-state index contributed by atoms with van der Waals surface area (Å²) in [5.41, 5.74) is 0. The van der Waals surface area contributed by atoms with Crippen molar-refractivity contribution in [1.29, 1.82) is 0 Å². The number of sulfonamides is 1. The lowest BCUT2D eigenvalue weighted by molar-refractivity contribution is 0.151. The van der Waals surface area contributed by atoms with Gasteiger partial charge in [0, 0.05) is 43.3 Å². The molecule has 9 heteroatoms. The number of aliphatic hydroxyl groups excluding tert-OH is 1. The molecule has 0 spiro atoms. The minimum Gasteiger partial charge on any atom is -0.395 e. The van der Waals surface area contributed by atoms with Gasteiger partial charge >= 0.3 is 0 Å². The van der Waals surface area contributed by atoms with Crippen LogP contribution in [0.3, 0.4) is 0 Å². The Hall–Kier alpha value is -0.610. The van der Waals surface area contributed by atoms with E-state index in [0.29, 0.717) is 25.7 Å². The number of aliphatic hydroxyl groups is 1. The van der Waals surface area contributed by atoms with Crippen molar-refractivity contribution in [3.05, 3.63) is 28.2 Å². The third-order valence-corrected chi connectivity index (χ3v) is 6.17. The van der Waals surface area contributed by atoms with Gasteiger partial charge in [0.15, 0.2) is 0 Å². The molecule has 0 amide bonds. The lowest BCUT2D eigenvalue weighted by atomic mass is 10.3. The Morgan fingerprint density at radius 2 is 1.81 bits per heavy atom. The fourth-order valence-electron chi connectivity index (χ4n) is 2.24. The summed E-state index contributed by atoms with van der Waals surface area (Å²) < 4.78 is 52.9. The van der Waals surface area contributed by atoms with E-state index in [9.17, 15) is 17.2 Å². The van der Waals surface area contributed by atoms with E-state index in [-0.39, 0.29) is 24.2 Å². The zero-order chi connectivity index (χ0) is 15.6. The number of nitrogens with zero attached hydrogens (tertiary/aromatic N) is 2. The van der Waals surface area contributed by atoms with Crippen LogP contribution in [0, 0.1) is 11.6 Å². The van der Waals surface area contributed by atoms with Gasteiger partial charge in [0.25, 0.3) is 0 Å². The largest absolute Gasteiger partial charge is 0.395 e. The molecule has 1 aliphatic heterocycles. The molecule has 0 atom stereocenters. The summed E-state index contributed by atoms with van der Waals surface area (Å²) in [6.45, 7) is 1.80. The van der Waals surface area contributed by atoms with E-state index in [1.807, 2.05) is 4.90 Å². The average molecular weight is 385 g/mol. The summed E-state index contributed by atoms with van der Waals surface area (Å²) in [7, 11) is -4.02. The molecule has 1 heterocycles. The topological polar surface area (TPSA) is 60.9 Å². The molecule has 0 unspecified atom stereocenters. The maximum atomic E-state index is 13.8. The molecular weight excluding hydrogens is 370 g/mol. The first-order valence-electron chi connectivity index (χ1n) is 6.34. The Labute approximate surface area is 130 Å². The molecule has 0 aromatic heterocycles. The molecule has 2 rings (SSSR count). The third kappa shape index (κ3) is 3.59. The summed E-state index contributed by atoms with van der Waals surface area (Å²) in [6, 6.07) is 1.48. The monoisotopic (exact) mass is 384 g/mol. The lowest BCUT2D eigenvalue weighted by Crippen LogP contribution is -2.49. The quantitative estimate of drug-likeness (QED) is 0.841. The molecule has 21 heavy (non-hydrogen) atoms. The zero-order valence-electron chi connectivity index (χ0n) is 11.1. The van der Waals surface area contributed by atoms with Crippen molar-refractivity contribution in [3.8, 4) is 0 Å². The zero-order valence-corrected chi connectivity index (χ0v) is 13.5. The van der Waals surface area contributed by atoms with Crippen LogP contribution in [0.2, 0.25) is 0 Å². The summed E-state index contributed by atoms with van der Waals surface area (Å²) >= 11 is 2.91. The Morgan fingerprint density at radius 3 is 2.33 bits per heavy atom. The van der Waals surface area contributed by atoms with Gasteiger partial charge in [-0.3, -0.25) is 4.90 Å². The van der Waals surface area contributed by atoms with Crippen LogP contribution in [0.1, 0.15) is 0 Å². The van der Waals surface area contributed by atoms with Crippen molar-refractivity contribution in [2.75, 3.05) is 39.3 Å². The van der Waals surface area contributed by atoms with Crippen LogP contribution in [-0.4, -0.2) is 62.1 Å². The summed E-state index contributed by atoms with van der Waals surface area (Å²) in [5.74, 6) is -1.95. The van der Waals surface area contributed by atoms with Gasteiger partial charge in [0.1, 0.15) is 16.5 Å². The summed E-state index contributed by atoms with van der Waals surface area (Å²) in [4.78, 5) is 1.38. The smallest absolute Gasteiger partial charge is 0.247 e. The van der Waals surface area contributed by atoms with Gasteiger partial charge in [-0.2, -0.15) is 4.31 Å². The first-order chi connectivity index (χ1) is 9.86. The second kappa shape index (κ2) is 6.66. The van der Waals surface area contributed by atoms with E-state index in [2.05, 4.69) is 15.9 Å². The van der Waals surface area contributed by atoms with E-state index >= 15 is 0 Å². The number of rotatable bonds is 4. The van der Waals surface area contributed by atoms with E-state index in [0.717, 1.165) is 6.07 Å². The maximum Gasteiger partial charge on any atom is 0.247 e. The van der Waals surface area contributed by atoms with E-state index in [1.165, 1.54) is 4.31 Å². The number of hydrogen-bond acceptors (Lipinski definition) is 4. The van der Waals surface area contributed by atoms with Crippen LogP contribution in [0.4, 0.5) is 8.78 Å². The van der Waals surface area contributed by atoms with Crippen molar-refractivity contribution in [2.24, 2.45) is 0 Å². The minimum absolute atomic E-state index is 0.00485. The molecule has 0 radical (unpaired) electrons. The van der Waals surface area contributed by atoms with Crippen LogP contribution in [0.15, 0.2) is 21.5 Å². The van der Waals surface area contributed by atoms with E-state index in [1.54, 1.807) is 0 Å². The Bertz CT molecular complexity index is 596. The lowest BCUT2D eigenvalue weighted by Gasteiger charge is -2.33. The molecule has 1 saturated heterocycles. The standard InChI is InChI=1S/C12H15BrF2N2O3S/c13-10-7-9(14)8-11(15)12(10)21(19,20)17-3-1-16(2-4-17)5-6-18/h7-8,18H,1-6H2. The van der Waals surface area contributed by atoms with Crippen LogP contribution >= 0.6 is 15.9 Å². The summed E-state index contributed by atoms with van der Waals surface area (Å²) in [6.07, 6.45) is 0. The summed E-state index contributed by atoms with van der Waals surface area (Å²) in [5, 5.41) is 8.86. The minimum atomic E-state index is -4.02. The van der Waals surface area contributed by atoms with Gasteiger partial charge in [-0.1, -0.05) is 0 Å². The normalized spacial score (nSPS) is 18.1. The number of piperazine rings is 1. The Morgan fingerprint density at radius 1 is 1.19 bits per heavy atom. The highest BCUT2D eigenvalue weighted by Gasteiger charge is 2.32. The van der Waals surface area contributed by atoms with Crippen molar-refractivity contribution in [3.63, 3.8) is 0 Å². The second-order valence-electron chi connectivity index (χ2n) is 4.67. The van der Waals surface area contributed by atoms with Gasteiger partial charge < -0.3 is 5.11 Å². The Balaban J connectivity index is 2.24.